The van der Waals surface area contributed by atoms with Gasteiger partial charge in [0.1, 0.15) is 5.82 Å². The molecule has 0 radical (unpaired) electrons. The monoisotopic (exact) mass is 194 g/mol. The first-order chi connectivity index (χ1) is 6.76. The van der Waals surface area contributed by atoms with Crippen LogP contribution in [0.5, 0.6) is 0 Å². The molecule has 1 aliphatic rings. The van der Waals surface area contributed by atoms with E-state index >= 15 is 0 Å². The average molecular weight is 194 g/mol. The number of aliphatic hydroxyl groups is 1. The maximum atomic E-state index is 13.3. The summed E-state index contributed by atoms with van der Waals surface area (Å²) in [5.74, 6) is -0.146. The molecular formula is C12H15FO. The molecule has 0 saturated heterocycles. The van der Waals surface area contributed by atoms with E-state index in [1.807, 2.05) is 12.1 Å². The molecule has 1 aromatic carbocycles. The van der Waals surface area contributed by atoms with Crippen molar-refractivity contribution in [3.05, 3.63) is 35.6 Å². The van der Waals surface area contributed by atoms with Gasteiger partial charge in [-0.1, -0.05) is 24.6 Å². The first-order valence-corrected chi connectivity index (χ1v) is 5.10. The number of rotatable bonds is 3. The third kappa shape index (κ3) is 1.67. The number of benzene rings is 1. The highest BCUT2D eigenvalue weighted by Crippen LogP contribution is 2.43. The van der Waals surface area contributed by atoms with Crippen molar-refractivity contribution in [1.29, 1.82) is 0 Å². The Morgan fingerprint density at radius 2 is 2.00 bits per heavy atom. The van der Waals surface area contributed by atoms with Gasteiger partial charge < -0.3 is 5.11 Å². The van der Waals surface area contributed by atoms with E-state index in [0.717, 1.165) is 24.8 Å². The standard InChI is InChI=1S/C12H15FO/c13-11-5-2-1-4-10(11)8-12(9-14)6-3-7-12/h1-2,4-5,14H,3,6-9H2. The van der Waals surface area contributed by atoms with Crippen LogP contribution in [0.4, 0.5) is 4.39 Å². The van der Waals surface area contributed by atoms with Gasteiger partial charge >= 0.3 is 0 Å². The van der Waals surface area contributed by atoms with E-state index in [2.05, 4.69) is 0 Å². The Kier molecular flexibility index (Phi) is 2.55. The van der Waals surface area contributed by atoms with Crippen molar-refractivity contribution in [2.75, 3.05) is 6.61 Å². The van der Waals surface area contributed by atoms with Gasteiger partial charge in [0.2, 0.25) is 0 Å². The molecule has 1 saturated carbocycles. The van der Waals surface area contributed by atoms with Gasteiger partial charge in [-0.2, -0.15) is 0 Å². The van der Waals surface area contributed by atoms with Crippen LogP contribution >= 0.6 is 0 Å². The Balaban J connectivity index is 2.13. The summed E-state index contributed by atoms with van der Waals surface area (Å²) in [5.41, 5.74) is 0.712. The van der Waals surface area contributed by atoms with Crippen molar-refractivity contribution in [3.63, 3.8) is 0 Å². The van der Waals surface area contributed by atoms with Gasteiger partial charge in [-0.25, -0.2) is 4.39 Å². The zero-order valence-electron chi connectivity index (χ0n) is 8.17. The molecule has 1 fully saturated rings. The molecule has 0 unspecified atom stereocenters. The Hall–Kier alpha value is -0.890. The lowest BCUT2D eigenvalue weighted by Gasteiger charge is -2.40. The van der Waals surface area contributed by atoms with E-state index < -0.39 is 0 Å². The van der Waals surface area contributed by atoms with E-state index in [9.17, 15) is 9.50 Å². The van der Waals surface area contributed by atoms with Crippen molar-refractivity contribution in [2.24, 2.45) is 5.41 Å². The summed E-state index contributed by atoms with van der Waals surface area (Å²) in [5, 5.41) is 9.27. The average Bonchev–Trinajstić information content (AvgIpc) is 2.14. The Labute approximate surface area is 83.6 Å². The van der Waals surface area contributed by atoms with Crippen molar-refractivity contribution in [2.45, 2.75) is 25.7 Å². The van der Waals surface area contributed by atoms with Crippen molar-refractivity contribution in [3.8, 4) is 0 Å². The summed E-state index contributed by atoms with van der Waals surface area (Å²) in [6.07, 6.45) is 3.89. The molecule has 0 aliphatic heterocycles. The summed E-state index contributed by atoms with van der Waals surface area (Å²) in [4.78, 5) is 0. The zero-order valence-corrected chi connectivity index (χ0v) is 8.17. The molecule has 1 aromatic rings. The second-order valence-electron chi connectivity index (χ2n) is 4.28. The van der Waals surface area contributed by atoms with E-state index in [-0.39, 0.29) is 17.8 Å². The molecule has 76 valence electrons. The molecule has 1 N–H and O–H groups in total. The normalized spacial score (nSPS) is 19.0. The third-order valence-corrected chi connectivity index (χ3v) is 3.27. The summed E-state index contributed by atoms with van der Waals surface area (Å²) in [7, 11) is 0. The zero-order chi connectivity index (χ0) is 10.0. The van der Waals surface area contributed by atoms with E-state index in [0.29, 0.717) is 6.42 Å². The lowest BCUT2D eigenvalue weighted by atomic mass is 9.66. The number of halogens is 1. The van der Waals surface area contributed by atoms with Gasteiger partial charge in [0.05, 0.1) is 0 Å². The van der Waals surface area contributed by atoms with E-state index in [1.165, 1.54) is 6.07 Å². The molecule has 0 aromatic heterocycles. The van der Waals surface area contributed by atoms with Crippen LogP contribution in [0.15, 0.2) is 24.3 Å². The molecule has 2 heteroatoms. The maximum absolute atomic E-state index is 13.3. The smallest absolute Gasteiger partial charge is 0.126 e. The van der Waals surface area contributed by atoms with Gasteiger partial charge in [-0.05, 0) is 36.3 Å². The summed E-state index contributed by atoms with van der Waals surface area (Å²) in [6.45, 7) is 0.182. The van der Waals surface area contributed by atoms with Crippen LogP contribution < -0.4 is 0 Å². The predicted octanol–water partition coefficient (Wildman–Crippen LogP) is 2.53. The minimum absolute atomic E-state index is 0.0256. The SMILES string of the molecule is OCC1(Cc2ccccc2F)CCC1. The summed E-state index contributed by atoms with van der Waals surface area (Å²) < 4.78 is 13.3. The van der Waals surface area contributed by atoms with E-state index in [1.54, 1.807) is 6.07 Å². The van der Waals surface area contributed by atoms with Crippen molar-refractivity contribution < 1.29 is 9.50 Å². The lowest BCUT2D eigenvalue weighted by Crippen LogP contribution is -2.35. The van der Waals surface area contributed by atoms with Crippen LogP contribution in [0.2, 0.25) is 0 Å². The van der Waals surface area contributed by atoms with Crippen LogP contribution in [-0.4, -0.2) is 11.7 Å². The molecule has 0 amide bonds. The maximum Gasteiger partial charge on any atom is 0.126 e. The Bertz CT molecular complexity index is 312. The highest BCUT2D eigenvalue weighted by Gasteiger charge is 2.36. The minimum Gasteiger partial charge on any atom is -0.396 e. The molecule has 14 heavy (non-hydrogen) atoms. The Morgan fingerprint density at radius 1 is 1.29 bits per heavy atom. The van der Waals surface area contributed by atoms with Gasteiger partial charge in [0.15, 0.2) is 0 Å². The van der Waals surface area contributed by atoms with Gasteiger partial charge in [-0.3, -0.25) is 0 Å². The fraction of sp³-hybridized carbons (Fsp3) is 0.500. The Morgan fingerprint density at radius 3 is 2.50 bits per heavy atom. The summed E-state index contributed by atoms with van der Waals surface area (Å²) >= 11 is 0. The fourth-order valence-corrected chi connectivity index (χ4v) is 2.11. The topological polar surface area (TPSA) is 20.2 Å². The van der Waals surface area contributed by atoms with Crippen LogP contribution in [0, 0.1) is 11.2 Å². The molecule has 0 atom stereocenters. The second kappa shape index (κ2) is 3.70. The summed E-state index contributed by atoms with van der Waals surface area (Å²) in [6, 6.07) is 6.84. The molecule has 1 nitrogen and oxygen atoms in total. The first kappa shape index (κ1) is 9.66. The number of aliphatic hydroxyl groups excluding tert-OH is 1. The quantitative estimate of drug-likeness (QED) is 0.784. The largest absolute Gasteiger partial charge is 0.396 e. The van der Waals surface area contributed by atoms with E-state index in [4.69, 9.17) is 0 Å². The first-order valence-electron chi connectivity index (χ1n) is 5.10. The number of hydrogen-bond acceptors (Lipinski definition) is 1. The molecule has 0 spiro atoms. The lowest BCUT2D eigenvalue weighted by molar-refractivity contribution is 0.0442. The highest BCUT2D eigenvalue weighted by atomic mass is 19.1. The molecular weight excluding hydrogens is 179 g/mol. The van der Waals surface area contributed by atoms with Crippen LogP contribution in [0.25, 0.3) is 0 Å². The fourth-order valence-electron chi connectivity index (χ4n) is 2.11. The predicted molar refractivity (Wildman–Crippen MR) is 53.5 cm³/mol. The second-order valence-corrected chi connectivity index (χ2v) is 4.28. The van der Waals surface area contributed by atoms with Gasteiger partial charge in [0.25, 0.3) is 0 Å². The molecule has 0 bridgehead atoms. The number of hydrogen-bond donors (Lipinski definition) is 1. The molecule has 1 aliphatic carbocycles. The van der Waals surface area contributed by atoms with Gasteiger partial charge in [0, 0.05) is 6.61 Å². The van der Waals surface area contributed by atoms with Crippen molar-refractivity contribution >= 4 is 0 Å². The van der Waals surface area contributed by atoms with Crippen LogP contribution in [-0.2, 0) is 6.42 Å². The minimum atomic E-state index is -0.146. The highest BCUT2D eigenvalue weighted by molar-refractivity contribution is 5.19. The van der Waals surface area contributed by atoms with Crippen LogP contribution in [0.3, 0.4) is 0 Å². The van der Waals surface area contributed by atoms with Crippen molar-refractivity contribution in [1.82, 2.24) is 0 Å². The van der Waals surface area contributed by atoms with Crippen LogP contribution in [0.1, 0.15) is 24.8 Å². The third-order valence-electron chi connectivity index (χ3n) is 3.27. The molecule has 0 heterocycles. The molecule has 2 rings (SSSR count). The van der Waals surface area contributed by atoms with Gasteiger partial charge in [-0.15, -0.1) is 0 Å².